The van der Waals surface area contributed by atoms with Crippen molar-refractivity contribution < 1.29 is 4.79 Å². The number of nitrogens with one attached hydrogen (secondary N) is 1. The molecule has 120 valence electrons. The Morgan fingerprint density at radius 3 is 1.88 bits per heavy atom. The minimum Gasteiger partial charge on any atom is -0.352 e. The highest BCUT2D eigenvalue weighted by Gasteiger charge is 2.15. The average Bonchev–Trinajstić information content (AvgIpc) is 2.64. The van der Waals surface area contributed by atoms with Crippen LogP contribution in [0.25, 0.3) is 0 Å². The molecular weight excluding hydrogens is 300 g/mol. The molecule has 0 saturated heterocycles. The van der Waals surface area contributed by atoms with Crippen LogP contribution < -0.4 is 10.2 Å². The molecule has 0 radical (unpaired) electrons. The molecular formula is C19H18N4O. The highest BCUT2D eigenvalue weighted by atomic mass is 16.1. The third kappa shape index (κ3) is 3.41. The van der Waals surface area contributed by atoms with Gasteiger partial charge in [0.1, 0.15) is 0 Å². The maximum atomic E-state index is 11.9. The summed E-state index contributed by atoms with van der Waals surface area (Å²) in [5.41, 5.74) is 2.35. The van der Waals surface area contributed by atoms with E-state index in [0.717, 1.165) is 11.4 Å². The van der Waals surface area contributed by atoms with Crippen molar-refractivity contribution in [1.29, 1.82) is 0 Å². The number of amides is 1. The molecule has 24 heavy (non-hydrogen) atoms. The summed E-state index contributed by atoms with van der Waals surface area (Å²) in [5, 5.41) is 2.74. The second kappa shape index (κ2) is 7.37. The van der Waals surface area contributed by atoms with Crippen LogP contribution in [0.15, 0.2) is 73.1 Å². The van der Waals surface area contributed by atoms with Gasteiger partial charge >= 0.3 is 0 Å². The number of hydrogen-bond acceptors (Lipinski definition) is 4. The van der Waals surface area contributed by atoms with Crippen LogP contribution in [0.1, 0.15) is 17.3 Å². The lowest BCUT2D eigenvalue weighted by atomic mass is 10.2. The molecule has 5 heteroatoms. The highest BCUT2D eigenvalue weighted by molar-refractivity contribution is 5.93. The lowest BCUT2D eigenvalue weighted by molar-refractivity contribution is 0.0955. The van der Waals surface area contributed by atoms with E-state index in [1.165, 1.54) is 0 Å². The van der Waals surface area contributed by atoms with Gasteiger partial charge in [0, 0.05) is 30.3 Å². The normalized spacial score (nSPS) is 10.2. The van der Waals surface area contributed by atoms with Crippen LogP contribution in [0.3, 0.4) is 0 Å². The van der Waals surface area contributed by atoms with Crippen molar-refractivity contribution >= 4 is 23.2 Å². The number of benzene rings is 2. The number of anilines is 3. The van der Waals surface area contributed by atoms with Gasteiger partial charge in [-0.05, 0) is 31.2 Å². The summed E-state index contributed by atoms with van der Waals surface area (Å²) in [6, 6.07) is 19.8. The van der Waals surface area contributed by atoms with E-state index in [0.29, 0.717) is 18.1 Å². The van der Waals surface area contributed by atoms with Crippen molar-refractivity contribution in [2.45, 2.75) is 6.92 Å². The largest absolute Gasteiger partial charge is 0.352 e. The first-order valence-corrected chi connectivity index (χ1v) is 7.80. The number of para-hydroxylation sites is 2. The monoisotopic (exact) mass is 318 g/mol. The Morgan fingerprint density at radius 1 is 0.917 bits per heavy atom. The molecule has 0 saturated carbocycles. The molecule has 5 nitrogen and oxygen atoms in total. The van der Waals surface area contributed by atoms with Crippen LogP contribution >= 0.6 is 0 Å². The number of nitrogens with zero attached hydrogens (tertiary/aromatic N) is 3. The fraction of sp³-hybridized carbons (Fsp3) is 0.105. The summed E-state index contributed by atoms with van der Waals surface area (Å²) in [6.07, 6.45) is 3.10. The lowest BCUT2D eigenvalue weighted by Crippen LogP contribution is -2.23. The molecule has 0 bridgehead atoms. The average molecular weight is 318 g/mol. The van der Waals surface area contributed by atoms with E-state index in [1.807, 2.05) is 72.5 Å². The quantitative estimate of drug-likeness (QED) is 0.779. The first kappa shape index (κ1) is 15.7. The number of hydrogen-bond donors (Lipinski definition) is 1. The fourth-order valence-electron chi connectivity index (χ4n) is 2.35. The zero-order valence-electron chi connectivity index (χ0n) is 13.4. The molecule has 0 unspecified atom stereocenters. The topological polar surface area (TPSA) is 58.1 Å². The molecule has 1 heterocycles. The molecule has 3 aromatic rings. The zero-order chi connectivity index (χ0) is 16.8. The molecule has 0 spiro atoms. The molecule has 0 fully saturated rings. The Bertz CT molecular complexity index is 749. The van der Waals surface area contributed by atoms with Gasteiger partial charge in [0.25, 0.3) is 5.91 Å². The molecule has 2 aromatic carbocycles. The summed E-state index contributed by atoms with van der Waals surface area (Å²) in [7, 11) is 0. The van der Waals surface area contributed by atoms with Gasteiger partial charge in [-0.1, -0.05) is 36.4 Å². The van der Waals surface area contributed by atoms with Gasteiger partial charge in [0.2, 0.25) is 5.95 Å². The van der Waals surface area contributed by atoms with Gasteiger partial charge in [-0.25, -0.2) is 9.97 Å². The van der Waals surface area contributed by atoms with Gasteiger partial charge in [0.15, 0.2) is 0 Å². The Kier molecular flexibility index (Phi) is 4.81. The van der Waals surface area contributed by atoms with Crippen molar-refractivity contribution in [2.24, 2.45) is 0 Å². The predicted octanol–water partition coefficient (Wildman–Crippen LogP) is 3.70. The maximum Gasteiger partial charge on any atom is 0.254 e. The van der Waals surface area contributed by atoms with Crippen molar-refractivity contribution in [3.05, 3.63) is 78.6 Å². The molecule has 1 aromatic heterocycles. The van der Waals surface area contributed by atoms with E-state index < -0.39 is 0 Å². The third-order valence-electron chi connectivity index (χ3n) is 3.47. The summed E-state index contributed by atoms with van der Waals surface area (Å²) in [6.45, 7) is 2.44. The fourth-order valence-corrected chi connectivity index (χ4v) is 2.35. The van der Waals surface area contributed by atoms with E-state index in [2.05, 4.69) is 15.3 Å². The molecule has 0 atom stereocenters. The summed E-state index contributed by atoms with van der Waals surface area (Å²) in [4.78, 5) is 22.6. The Balaban J connectivity index is 1.99. The van der Waals surface area contributed by atoms with Crippen molar-refractivity contribution in [3.63, 3.8) is 0 Å². The van der Waals surface area contributed by atoms with Crippen LogP contribution in [0, 0.1) is 0 Å². The van der Waals surface area contributed by atoms with Crippen LogP contribution in [-0.2, 0) is 0 Å². The predicted molar refractivity (Wildman–Crippen MR) is 94.7 cm³/mol. The van der Waals surface area contributed by atoms with Crippen LogP contribution in [0.5, 0.6) is 0 Å². The Morgan fingerprint density at radius 2 is 1.42 bits per heavy atom. The minimum absolute atomic E-state index is 0.171. The van der Waals surface area contributed by atoms with Gasteiger partial charge in [0.05, 0.1) is 5.56 Å². The zero-order valence-corrected chi connectivity index (χ0v) is 13.4. The summed E-state index contributed by atoms with van der Waals surface area (Å²) >= 11 is 0. The minimum atomic E-state index is -0.171. The highest BCUT2D eigenvalue weighted by Crippen LogP contribution is 2.31. The third-order valence-corrected chi connectivity index (χ3v) is 3.47. The molecule has 3 rings (SSSR count). The molecule has 0 aliphatic rings. The van der Waals surface area contributed by atoms with Gasteiger partial charge in [-0.15, -0.1) is 0 Å². The first-order chi connectivity index (χ1) is 11.8. The van der Waals surface area contributed by atoms with Crippen molar-refractivity contribution in [1.82, 2.24) is 15.3 Å². The lowest BCUT2D eigenvalue weighted by Gasteiger charge is -2.22. The standard InChI is InChI=1S/C19H18N4O/c1-2-20-18(24)15-13-21-19(22-14-15)23(16-9-5-3-6-10-16)17-11-7-4-8-12-17/h3-14H,2H2,1H3,(H,20,24). The number of carbonyl (C=O) groups excluding carboxylic acids is 1. The van der Waals surface area contributed by atoms with Gasteiger partial charge in [-0.3, -0.25) is 9.69 Å². The SMILES string of the molecule is CCNC(=O)c1cnc(N(c2ccccc2)c2ccccc2)nc1. The maximum absolute atomic E-state index is 11.9. The van der Waals surface area contributed by atoms with E-state index in [4.69, 9.17) is 0 Å². The molecule has 1 amide bonds. The molecule has 0 aliphatic carbocycles. The van der Waals surface area contributed by atoms with E-state index in [1.54, 1.807) is 12.4 Å². The number of rotatable bonds is 5. The molecule has 1 N–H and O–H groups in total. The number of aromatic nitrogens is 2. The second-order valence-corrected chi connectivity index (χ2v) is 5.14. The van der Waals surface area contributed by atoms with E-state index in [-0.39, 0.29) is 5.91 Å². The first-order valence-electron chi connectivity index (χ1n) is 7.80. The summed E-state index contributed by atoms with van der Waals surface area (Å²) in [5.74, 6) is 0.343. The van der Waals surface area contributed by atoms with Crippen LogP contribution in [-0.4, -0.2) is 22.4 Å². The van der Waals surface area contributed by atoms with Gasteiger partial charge in [-0.2, -0.15) is 0 Å². The van der Waals surface area contributed by atoms with E-state index >= 15 is 0 Å². The Hall–Kier alpha value is -3.21. The van der Waals surface area contributed by atoms with Crippen LogP contribution in [0.2, 0.25) is 0 Å². The van der Waals surface area contributed by atoms with Gasteiger partial charge < -0.3 is 5.32 Å². The van der Waals surface area contributed by atoms with E-state index in [9.17, 15) is 4.79 Å². The Labute approximate surface area is 141 Å². The molecule has 0 aliphatic heterocycles. The van der Waals surface area contributed by atoms with Crippen LogP contribution in [0.4, 0.5) is 17.3 Å². The summed E-state index contributed by atoms with van der Waals surface area (Å²) < 4.78 is 0. The number of carbonyl (C=O) groups is 1. The smallest absolute Gasteiger partial charge is 0.254 e. The van der Waals surface area contributed by atoms with Crippen molar-refractivity contribution in [3.8, 4) is 0 Å². The van der Waals surface area contributed by atoms with Crippen molar-refractivity contribution in [2.75, 3.05) is 11.4 Å². The second-order valence-electron chi connectivity index (χ2n) is 5.14.